The van der Waals surface area contributed by atoms with Gasteiger partial charge in [-0.1, -0.05) is 15.9 Å². The van der Waals surface area contributed by atoms with Gasteiger partial charge in [0, 0.05) is 17.1 Å². The lowest BCUT2D eigenvalue weighted by Crippen LogP contribution is -2.18. The molecule has 1 amide bonds. The lowest BCUT2D eigenvalue weighted by molar-refractivity contribution is 0.0962. The minimum Gasteiger partial charge on any atom is -0.355 e. The first kappa shape index (κ1) is 10.2. The number of rotatable bonds is 1. The number of halogens is 2. The van der Waals surface area contributed by atoms with Crippen molar-refractivity contribution in [2.75, 3.05) is 7.05 Å². The Balaban J connectivity index is 3.20. The number of amides is 1. The third-order valence-corrected chi connectivity index (χ3v) is 2.59. The molecule has 0 aliphatic rings. The number of nitrogens with one attached hydrogen (secondary N) is 1. The molecular formula is C9H9BrFNO. The second-order valence-corrected chi connectivity index (χ2v) is 3.50. The molecule has 0 aromatic heterocycles. The molecule has 0 fully saturated rings. The Bertz CT molecular complexity index is 328. The summed E-state index contributed by atoms with van der Waals surface area (Å²) in [5.41, 5.74) is 0.824. The van der Waals surface area contributed by atoms with E-state index in [4.69, 9.17) is 0 Å². The van der Waals surface area contributed by atoms with Crippen molar-refractivity contribution in [3.63, 3.8) is 0 Å². The Morgan fingerprint density at radius 2 is 2.15 bits per heavy atom. The van der Waals surface area contributed by atoms with Crippen molar-refractivity contribution >= 4 is 21.8 Å². The number of carbonyl (C=O) groups excluding carboxylic acids is 1. The first-order chi connectivity index (χ1) is 6.06. The topological polar surface area (TPSA) is 29.1 Å². The predicted molar refractivity (Wildman–Crippen MR) is 52.2 cm³/mol. The Morgan fingerprint density at radius 3 is 2.62 bits per heavy atom. The summed E-state index contributed by atoms with van der Waals surface area (Å²) in [6.45, 7) is 1.65. The summed E-state index contributed by atoms with van der Waals surface area (Å²) in [5.74, 6) is -0.674. The molecule has 0 atom stereocenters. The molecule has 13 heavy (non-hydrogen) atoms. The number of hydrogen-bond acceptors (Lipinski definition) is 1. The van der Waals surface area contributed by atoms with Crippen LogP contribution in [0.15, 0.2) is 16.6 Å². The molecule has 0 saturated carbocycles. The van der Waals surface area contributed by atoms with Crippen molar-refractivity contribution in [1.29, 1.82) is 0 Å². The van der Waals surface area contributed by atoms with Gasteiger partial charge in [0.25, 0.3) is 5.91 Å². The molecule has 1 N–H and O–H groups in total. The van der Waals surface area contributed by atoms with Crippen LogP contribution in [-0.4, -0.2) is 13.0 Å². The van der Waals surface area contributed by atoms with Gasteiger partial charge in [-0.2, -0.15) is 0 Å². The molecule has 0 saturated heterocycles. The van der Waals surface area contributed by atoms with Crippen LogP contribution >= 0.6 is 15.9 Å². The minimum absolute atomic E-state index is 0.292. The normalized spacial score (nSPS) is 9.85. The molecule has 1 aromatic rings. The number of benzene rings is 1. The Labute approximate surface area is 84.3 Å². The van der Waals surface area contributed by atoms with Gasteiger partial charge >= 0.3 is 0 Å². The van der Waals surface area contributed by atoms with E-state index in [9.17, 15) is 9.18 Å². The summed E-state index contributed by atoms with van der Waals surface area (Å²) >= 11 is 3.17. The molecule has 0 bridgehead atoms. The van der Waals surface area contributed by atoms with Crippen molar-refractivity contribution in [1.82, 2.24) is 5.32 Å². The van der Waals surface area contributed by atoms with Gasteiger partial charge in [-0.3, -0.25) is 4.79 Å². The van der Waals surface area contributed by atoms with Crippen LogP contribution in [0, 0.1) is 12.7 Å². The van der Waals surface area contributed by atoms with Gasteiger partial charge in [-0.15, -0.1) is 0 Å². The smallest absolute Gasteiger partial charge is 0.251 e. The number of hydrogen-bond donors (Lipinski definition) is 1. The second kappa shape index (κ2) is 3.87. The van der Waals surface area contributed by atoms with Gasteiger partial charge in [0.2, 0.25) is 0 Å². The molecule has 0 aliphatic carbocycles. The highest BCUT2D eigenvalue weighted by atomic mass is 79.9. The van der Waals surface area contributed by atoms with E-state index in [2.05, 4.69) is 21.2 Å². The van der Waals surface area contributed by atoms with Crippen molar-refractivity contribution in [3.05, 3.63) is 33.5 Å². The maximum absolute atomic E-state index is 13.1. The highest BCUT2D eigenvalue weighted by Crippen LogP contribution is 2.20. The third-order valence-electron chi connectivity index (χ3n) is 1.77. The van der Waals surface area contributed by atoms with E-state index < -0.39 is 0 Å². The van der Waals surface area contributed by atoms with Crippen LogP contribution in [0.1, 0.15) is 15.9 Å². The molecule has 0 unspecified atom stereocenters. The van der Waals surface area contributed by atoms with Crippen molar-refractivity contribution < 1.29 is 9.18 Å². The highest BCUT2D eigenvalue weighted by Gasteiger charge is 2.09. The molecule has 70 valence electrons. The first-order valence-corrected chi connectivity index (χ1v) is 4.53. The standard InChI is InChI=1S/C9H9BrFNO/c1-5-7(10)3-6(4-8(5)11)9(13)12-2/h3-4H,1-2H3,(H,12,13). The summed E-state index contributed by atoms with van der Waals surface area (Å²) in [6.07, 6.45) is 0. The zero-order valence-electron chi connectivity index (χ0n) is 7.32. The molecule has 1 aromatic carbocycles. The van der Waals surface area contributed by atoms with Crippen molar-refractivity contribution in [3.8, 4) is 0 Å². The lowest BCUT2D eigenvalue weighted by atomic mass is 10.1. The van der Waals surface area contributed by atoms with Crippen molar-refractivity contribution in [2.24, 2.45) is 0 Å². The van der Waals surface area contributed by atoms with Gasteiger partial charge in [0.15, 0.2) is 0 Å². The lowest BCUT2D eigenvalue weighted by Gasteiger charge is -2.04. The second-order valence-electron chi connectivity index (χ2n) is 2.64. The monoisotopic (exact) mass is 245 g/mol. The summed E-state index contributed by atoms with van der Waals surface area (Å²) in [6, 6.07) is 2.82. The molecule has 4 heteroatoms. The molecule has 2 nitrogen and oxygen atoms in total. The summed E-state index contributed by atoms with van der Waals surface area (Å²) in [4.78, 5) is 11.1. The maximum Gasteiger partial charge on any atom is 0.251 e. The first-order valence-electron chi connectivity index (χ1n) is 3.74. The van der Waals surface area contributed by atoms with Crippen LogP contribution in [0.25, 0.3) is 0 Å². The van der Waals surface area contributed by atoms with E-state index >= 15 is 0 Å². The Morgan fingerprint density at radius 1 is 1.54 bits per heavy atom. The van der Waals surface area contributed by atoms with E-state index in [1.165, 1.54) is 13.1 Å². The summed E-state index contributed by atoms with van der Waals surface area (Å²) in [7, 11) is 1.51. The average Bonchev–Trinajstić information content (AvgIpc) is 2.12. The molecule has 1 rings (SSSR count). The minimum atomic E-state index is -0.382. The predicted octanol–water partition coefficient (Wildman–Crippen LogP) is 2.26. The van der Waals surface area contributed by atoms with E-state index in [0.717, 1.165) is 0 Å². The molecule has 0 aliphatic heterocycles. The highest BCUT2D eigenvalue weighted by molar-refractivity contribution is 9.10. The Kier molecular flexibility index (Phi) is 3.03. The fraction of sp³-hybridized carbons (Fsp3) is 0.222. The third kappa shape index (κ3) is 2.06. The molecule has 0 spiro atoms. The number of carbonyl (C=O) groups is 1. The SMILES string of the molecule is CNC(=O)c1cc(F)c(C)c(Br)c1. The van der Waals surface area contributed by atoms with Gasteiger partial charge in [-0.05, 0) is 24.6 Å². The van der Waals surface area contributed by atoms with Crippen LogP contribution < -0.4 is 5.32 Å². The van der Waals surface area contributed by atoms with Crippen LogP contribution in [-0.2, 0) is 0 Å². The van der Waals surface area contributed by atoms with Crippen LogP contribution in [0.5, 0.6) is 0 Å². The van der Waals surface area contributed by atoms with Crippen LogP contribution in [0.3, 0.4) is 0 Å². The Hall–Kier alpha value is -0.900. The zero-order valence-corrected chi connectivity index (χ0v) is 8.90. The van der Waals surface area contributed by atoms with E-state index in [1.807, 2.05) is 0 Å². The van der Waals surface area contributed by atoms with Crippen LogP contribution in [0.2, 0.25) is 0 Å². The van der Waals surface area contributed by atoms with Gasteiger partial charge in [0.1, 0.15) is 5.82 Å². The fourth-order valence-electron chi connectivity index (χ4n) is 0.921. The van der Waals surface area contributed by atoms with Crippen molar-refractivity contribution in [2.45, 2.75) is 6.92 Å². The van der Waals surface area contributed by atoms with E-state index in [1.54, 1.807) is 13.0 Å². The van der Waals surface area contributed by atoms with Gasteiger partial charge in [0.05, 0.1) is 0 Å². The summed E-state index contributed by atoms with van der Waals surface area (Å²) in [5, 5.41) is 2.43. The quantitative estimate of drug-likeness (QED) is 0.809. The molecular weight excluding hydrogens is 237 g/mol. The molecule has 0 heterocycles. The maximum atomic E-state index is 13.1. The average molecular weight is 246 g/mol. The summed E-state index contributed by atoms with van der Waals surface area (Å²) < 4.78 is 13.7. The van der Waals surface area contributed by atoms with Gasteiger partial charge < -0.3 is 5.32 Å². The molecule has 0 radical (unpaired) electrons. The van der Waals surface area contributed by atoms with E-state index in [-0.39, 0.29) is 11.7 Å². The van der Waals surface area contributed by atoms with Gasteiger partial charge in [-0.25, -0.2) is 4.39 Å². The van der Waals surface area contributed by atoms with E-state index in [0.29, 0.717) is 15.6 Å². The zero-order chi connectivity index (χ0) is 10.0. The largest absolute Gasteiger partial charge is 0.355 e. The fourth-order valence-corrected chi connectivity index (χ4v) is 1.36. The van der Waals surface area contributed by atoms with Crippen LogP contribution in [0.4, 0.5) is 4.39 Å².